The minimum atomic E-state index is 1.01. The molecule has 0 radical (unpaired) electrons. The highest BCUT2D eigenvalue weighted by Gasteiger charge is 2.08. The topological polar surface area (TPSA) is 0 Å². The Morgan fingerprint density at radius 2 is 1.53 bits per heavy atom. The first-order chi connectivity index (χ1) is 9.33. The SMILES string of the molecule is Sc1ccc(C2=CCCC(c3ccccc3)=C2)cc1. The molecule has 0 unspecified atom stereocenters. The van der Waals surface area contributed by atoms with Crippen molar-refractivity contribution in [2.45, 2.75) is 17.7 Å². The van der Waals surface area contributed by atoms with E-state index in [1.54, 1.807) is 0 Å². The van der Waals surface area contributed by atoms with E-state index in [0.29, 0.717) is 0 Å². The molecule has 19 heavy (non-hydrogen) atoms. The molecule has 0 saturated carbocycles. The zero-order chi connectivity index (χ0) is 13.1. The summed E-state index contributed by atoms with van der Waals surface area (Å²) in [5.41, 5.74) is 5.34. The van der Waals surface area contributed by atoms with Gasteiger partial charge in [-0.1, -0.05) is 54.6 Å². The first-order valence-corrected chi connectivity index (χ1v) is 7.03. The van der Waals surface area contributed by atoms with Crippen LogP contribution in [-0.4, -0.2) is 0 Å². The summed E-state index contributed by atoms with van der Waals surface area (Å²) >= 11 is 4.34. The monoisotopic (exact) mass is 264 g/mol. The molecular formula is C18H16S. The maximum atomic E-state index is 4.34. The highest BCUT2D eigenvalue weighted by molar-refractivity contribution is 7.80. The Morgan fingerprint density at radius 1 is 0.789 bits per heavy atom. The predicted octanol–water partition coefficient (Wildman–Crippen LogP) is 5.24. The van der Waals surface area contributed by atoms with Crippen molar-refractivity contribution in [3.8, 4) is 0 Å². The minimum absolute atomic E-state index is 1.01. The van der Waals surface area contributed by atoms with Crippen LogP contribution in [0.2, 0.25) is 0 Å². The van der Waals surface area contributed by atoms with Gasteiger partial charge in [0, 0.05) is 4.90 Å². The van der Waals surface area contributed by atoms with Gasteiger partial charge >= 0.3 is 0 Å². The number of allylic oxidation sites excluding steroid dienone is 4. The predicted molar refractivity (Wildman–Crippen MR) is 85.3 cm³/mol. The first-order valence-electron chi connectivity index (χ1n) is 6.58. The number of rotatable bonds is 2. The lowest BCUT2D eigenvalue weighted by atomic mass is 9.91. The van der Waals surface area contributed by atoms with Crippen molar-refractivity contribution in [1.82, 2.24) is 0 Å². The molecule has 0 bridgehead atoms. The summed E-state index contributed by atoms with van der Waals surface area (Å²) in [7, 11) is 0. The average Bonchev–Trinajstić information content (AvgIpc) is 2.49. The van der Waals surface area contributed by atoms with Gasteiger partial charge < -0.3 is 0 Å². The molecule has 1 heteroatoms. The third-order valence-corrected chi connectivity index (χ3v) is 3.75. The van der Waals surface area contributed by atoms with Crippen LogP contribution in [0.5, 0.6) is 0 Å². The molecule has 0 heterocycles. The van der Waals surface area contributed by atoms with Crippen molar-refractivity contribution in [2.24, 2.45) is 0 Å². The van der Waals surface area contributed by atoms with Crippen molar-refractivity contribution in [1.29, 1.82) is 0 Å². The lowest BCUT2D eigenvalue weighted by Gasteiger charge is -2.14. The van der Waals surface area contributed by atoms with Crippen molar-refractivity contribution in [3.05, 3.63) is 77.9 Å². The molecular weight excluding hydrogens is 248 g/mol. The Labute approximate surface area is 119 Å². The van der Waals surface area contributed by atoms with Gasteiger partial charge in [0.25, 0.3) is 0 Å². The normalized spacial score (nSPS) is 14.8. The van der Waals surface area contributed by atoms with Gasteiger partial charge in [0.05, 0.1) is 0 Å². The highest BCUT2D eigenvalue weighted by Crippen LogP contribution is 2.31. The molecule has 2 aromatic carbocycles. The van der Waals surface area contributed by atoms with Crippen LogP contribution in [0.25, 0.3) is 11.1 Å². The fourth-order valence-corrected chi connectivity index (χ4v) is 2.59. The molecule has 0 amide bonds. The van der Waals surface area contributed by atoms with E-state index in [2.05, 4.69) is 67.2 Å². The summed E-state index contributed by atoms with van der Waals surface area (Å²) in [5, 5.41) is 0. The molecule has 1 aliphatic rings. The molecule has 0 N–H and O–H groups in total. The van der Waals surface area contributed by atoms with Crippen LogP contribution in [0.4, 0.5) is 0 Å². The maximum absolute atomic E-state index is 4.34. The number of thiol groups is 1. The van der Waals surface area contributed by atoms with Crippen molar-refractivity contribution >= 4 is 23.8 Å². The van der Waals surface area contributed by atoms with E-state index in [1.165, 1.54) is 22.3 Å². The van der Waals surface area contributed by atoms with Gasteiger partial charge in [-0.05, 0) is 47.2 Å². The summed E-state index contributed by atoms with van der Waals surface area (Å²) < 4.78 is 0. The second-order valence-corrected chi connectivity index (χ2v) is 5.30. The second kappa shape index (κ2) is 5.50. The first kappa shape index (κ1) is 12.3. The molecule has 3 rings (SSSR count). The standard InChI is InChI=1S/C18H16S/c19-18-11-9-15(10-12-18)17-8-4-7-16(13-17)14-5-2-1-3-6-14/h1-3,5-6,8-13,19H,4,7H2. The summed E-state index contributed by atoms with van der Waals surface area (Å²) in [4.78, 5) is 1.01. The Balaban J connectivity index is 1.94. The van der Waals surface area contributed by atoms with Gasteiger partial charge in [-0.2, -0.15) is 0 Å². The van der Waals surface area contributed by atoms with Crippen molar-refractivity contribution in [2.75, 3.05) is 0 Å². The molecule has 0 aliphatic heterocycles. The summed E-state index contributed by atoms with van der Waals surface area (Å²) in [5.74, 6) is 0. The van der Waals surface area contributed by atoms with Gasteiger partial charge in [-0.25, -0.2) is 0 Å². The Kier molecular flexibility index (Phi) is 3.56. The van der Waals surface area contributed by atoms with Crippen LogP contribution in [0.3, 0.4) is 0 Å². The molecule has 1 aliphatic carbocycles. The summed E-state index contributed by atoms with van der Waals surface area (Å²) in [6, 6.07) is 19.0. The lowest BCUT2D eigenvalue weighted by Crippen LogP contribution is -1.92. The van der Waals surface area contributed by atoms with Crippen LogP contribution in [0.1, 0.15) is 24.0 Å². The van der Waals surface area contributed by atoms with Gasteiger partial charge in [-0.15, -0.1) is 12.6 Å². The molecule has 94 valence electrons. The smallest absolute Gasteiger partial charge is 0.00404 e. The van der Waals surface area contributed by atoms with E-state index < -0.39 is 0 Å². The van der Waals surface area contributed by atoms with Crippen LogP contribution < -0.4 is 0 Å². The van der Waals surface area contributed by atoms with E-state index in [4.69, 9.17) is 0 Å². The van der Waals surface area contributed by atoms with Gasteiger partial charge in [-0.3, -0.25) is 0 Å². The third kappa shape index (κ3) is 2.82. The minimum Gasteiger partial charge on any atom is -0.143 e. The van der Waals surface area contributed by atoms with E-state index in [1.807, 2.05) is 12.1 Å². The van der Waals surface area contributed by atoms with Gasteiger partial charge in [0.15, 0.2) is 0 Å². The second-order valence-electron chi connectivity index (χ2n) is 4.78. The molecule has 0 nitrogen and oxygen atoms in total. The Hall–Kier alpha value is -1.73. The third-order valence-electron chi connectivity index (χ3n) is 3.45. The Morgan fingerprint density at radius 3 is 2.26 bits per heavy atom. The van der Waals surface area contributed by atoms with Crippen LogP contribution in [-0.2, 0) is 0 Å². The average molecular weight is 264 g/mol. The number of hydrogen-bond acceptors (Lipinski definition) is 1. The molecule has 0 saturated heterocycles. The fourth-order valence-electron chi connectivity index (χ4n) is 2.44. The zero-order valence-corrected chi connectivity index (χ0v) is 11.6. The highest BCUT2D eigenvalue weighted by atomic mass is 32.1. The van der Waals surface area contributed by atoms with E-state index in [-0.39, 0.29) is 0 Å². The zero-order valence-electron chi connectivity index (χ0n) is 10.7. The largest absolute Gasteiger partial charge is 0.143 e. The van der Waals surface area contributed by atoms with E-state index >= 15 is 0 Å². The molecule has 2 aromatic rings. The van der Waals surface area contributed by atoms with Crippen molar-refractivity contribution in [3.63, 3.8) is 0 Å². The molecule has 0 atom stereocenters. The summed E-state index contributed by atoms with van der Waals surface area (Å²) in [6.45, 7) is 0. The lowest BCUT2D eigenvalue weighted by molar-refractivity contribution is 1.06. The maximum Gasteiger partial charge on any atom is 0.00404 e. The number of benzene rings is 2. The van der Waals surface area contributed by atoms with Crippen molar-refractivity contribution < 1.29 is 0 Å². The van der Waals surface area contributed by atoms with Gasteiger partial charge in [0.1, 0.15) is 0 Å². The van der Waals surface area contributed by atoms with Crippen LogP contribution in [0.15, 0.2) is 71.6 Å². The van der Waals surface area contributed by atoms with Crippen LogP contribution in [0, 0.1) is 0 Å². The fraction of sp³-hybridized carbons (Fsp3) is 0.111. The van der Waals surface area contributed by atoms with Gasteiger partial charge in [0.2, 0.25) is 0 Å². The molecule has 0 fully saturated rings. The molecule has 0 aromatic heterocycles. The quantitative estimate of drug-likeness (QED) is 0.705. The summed E-state index contributed by atoms with van der Waals surface area (Å²) in [6.07, 6.45) is 6.86. The van der Waals surface area contributed by atoms with E-state index in [9.17, 15) is 0 Å². The Bertz CT molecular complexity index is 618. The van der Waals surface area contributed by atoms with E-state index in [0.717, 1.165) is 17.7 Å². The number of hydrogen-bond donors (Lipinski definition) is 1. The molecule has 0 spiro atoms. The van der Waals surface area contributed by atoms with Crippen LogP contribution >= 0.6 is 12.6 Å².